The Hall–Kier alpha value is -2.03. The Labute approximate surface area is 135 Å². The predicted octanol–water partition coefficient (Wildman–Crippen LogP) is 3.18. The van der Waals surface area contributed by atoms with Gasteiger partial charge in [-0.1, -0.05) is 23.9 Å². The molecule has 2 aromatic rings. The van der Waals surface area contributed by atoms with Gasteiger partial charge in [-0.2, -0.15) is 13.2 Å². The fourth-order valence-corrected chi connectivity index (χ4v) is 2.59. The third-order valence-corrected chi connectivity index (χ3v) is 4.11. The number of halogens is 3. The highest BCUT2D eigenvalue weighted by atomic mass is 32.2. The Bertz CT molecular complexity index is 727. The van der Waals surface area contributed by atoms with E-state index in [1.165, 1.54) is 7.05 Å². The second-order valence-electron chi connectivity index (χ2n) is 5.02. The van der Waals surface area contributed by atoms with Crippen molar-refractivity contribution < 1.29 is 18.0 Å². The number of nitrogens with one attached hydrogen (secondary N) is 1. The van der Waals surface area contributed by atoms with Crippen LogP contribution in [0.3, 0.4) is 0 Å². The first-order valence-electron chi connectivity index (χ1n) is 6.65. The fraction of sp³-hybridized carbons (Fsp3) is 0.357. The Kier molecular flexibility index (Phi) is 4.98. The highest BCUT2D eigenvalue weighted by molar-refractivity contribution is 7.99. The van der Waals surface area contributed by atoms with Gasteiger partial charge in [-0.25, -0.2) is 0 Å². The third-order valence-electron chi connectivity index (χ3n) is 3.09. The average molecular weight is 344 g/mol. The number of aromatic nitrogens is 3. The van der Waals surface area contributed by atoms with Crippen molar-refractivity contribution in [1.82, 2.24) is 14.8 Å². The van der Waals surface area contributed by atoms with E-state index in [4.69, 9.17) is 0 Å². The summed E-state index contributed by atoms with van der Waals surface area (Å²) in [5.74, 6) is -1.47. The van der Waals surface area contributed by atoms with Crippen molar-refractivity contribution in [3.63, 3.8) is 0 Å². The van der Waals surface area contributed by atoms with Gasteiger partial charge in [-0.15, -0.1) is 10.2 Å². The lowest BCUT2D eigenvalue weighted by atomic mass is 10.1. The SMILES string of the molecule is Cc1ccc(C)c(NC(=O)CSc2nnc(C(F)(F)F)n2C)c1. The molecule has 0 radical (unpaired) electrons. The summed E-state index contributed by atoms with van der Waals surface area (Å²) in [4.78, 5) is 12.0. The standard InChI is InChI=1S/C14H15F3N4OS/c1-8-4-5-9(2)10(6-8)18-11(22)7-23-13-20-19-12(21(13)3)14(15,16)17/h4-6H,7H2,1-3H3,(H,18,22). The van der Waals surface area contributed by atoms with E-state index in [9.17, 15) is 18.0 Å². The molecule has 0 aliphatic heterocycles. The van der Waals surface area contributed by atoms with Crippen LogP contribution < -0.4 is 5.32 Å². The van der Waals surface area contributed by atoms with Crippen molar-refractivity contribution in [2.24, 2.45) is 7.05 Å². The van der Waals surface area contributed by atoms with Crippen molar-refractivity contribution in [2.75, 3.05) is 11.1 Å². The molecule has 23 heavy (non-hydrogen) atoms. The lowest BCUT2D eigenvalue weighted by molar-refractivity contribution is -0.147. The Morgan fingerprint density at radius 3 is 2.61 bits per heavy atom. The van der Waals surface area contributed by atoms with Gasteiger partial charge in [0.05, 0.1) is 5.75 Å². The number of amides is 1. The van der Waals surface area contributed by atoms with Gasteiger partial charge in [0.1, 0.15) is 0 Å². The van der Waals surface area contributed by atoms with Gasteiger partial charge in [0, 0.05) is 12.7 Å². The molecule has 0 bridgehead atoms. The lowest BCUT2D eigenvalue weighted by Crippen LogP contribution is -2.16. The second-order valence-corrected chi connectivity index (χ2v) is 5.96. The highest BCUT2D eigenvalue weighted by Crippen LogP contribution is 2.29. The van der Waals surface area contributed by atoms with Crippen LogP contribution in [0.4, 0.5) is 18.9 Å². The molecule has 1 aromatic carbocycles. The Morgan fingerprint density at radius 2 is 2.00 bits per heavy atom. The maximum atomic E-state index is 12.6. The summed E-state index contributed by atoms with van der Waals surface area (Å²) in [6, 6.07) is 5.65. The molecule has 1 heterocycles. The van der Waals surface area contributed by atoms with E-state index in [2.05, 4.69) is 15.5 Å². The van der Waals surface area contributed by atoms with Gasteiger partial charge in [-0.05, 0) is 31.0 Å². The minimum Gasteiger partial charge on any atom is -0.325 e. The van der Waals surface area contributed by atoms with Crippen LogP contribution >= 0.6 is 11.8 Å². The molecule has 0 spiro atoms. The number of hydrogen-bond donors (Lipinski definition) is 1. The fourth-order valence-electron chi connectivity index (χ4n) is 1.87. The van der Waals surface area contributed by atoms with Crippen molar-refractivity contribution in [1.29, 1.82) is 0 Å². The van der Waals surface area contributed by atoms with Crippen LogP contribution in [0, 0.1) is 13.8 Å². The molecule has 0 unspecified atom stereocenters. The first kappa shape index (κ1) is 17.3. The number of hydrogen-bond acceptors (Lipinski definition) is 4. The van der Waals surface area contributed by atoms with Gasteiger partial charge in [0.2, 0.25) is 11.7 Å². The minimum atomic E-state index is -4.57. The molecule has 0 atom stereocenters. The number of thioether (sulfide) groups is 1. The zero-order valence-electron chi connectivity index (χ0n) is 12.7. The van der Waals surface area contributed by atoms with Crippen LogP contribution in [0.1, 0.15) is 17.0 Å². The molecule has 0 saturated carbocycles. The number of nitrogens with zero attached hydrogens (tertiary/aromatic N) is 3. The average Bonchev–Trinajstić information content (AvgIpc) is 2.82. The first-order chi connectivity index (χ1) is 10.7. The molecule has 9 heteroatoms. The van der Waals surface area contributed by atoms with Crippen LogP contribution in [0.2, 0.25) is 0 Å². The number of anilines is 1. The van der Waals surface area contributed by atoms with Crippen LogP contribution in [-0.4, -0.2) is 26.4 Å². The number of benzene rings is 1. The van der Waals surface area contributed by atoms with E-state index in [-0.39, 0.29) is 16.8 Å². The number of carbonyl (C=O) groups is 1. The summed E-state index contributed by atoms with van der Waals surface area (Å²) in [5.41, 5.74) is 2.60. The molecule has 1 N–H and O–H groups in total. The largest absolute Gasteiger partial charge is 0.451 e. The van der Waals surface area contributed by atoms with Crippen molar-refractivity contribution in [3.05, 3.63) is 35.2 Å². The van der Waals surface area contributed by atoms with Crippen LogP contribution in [0.15, 0.2) is 23.4 Å². The lowest BCUT2D eigenvalue weighted by Gasteiger charge is -2.09. The van der Waals surface area contributed by atoms with Gasteiger partial charge < -0.3 is 9.88 Å². The molecule has 0 aliphatic rings. The normalized spacial score (nSPS) is 11.6. The molecular weight excluding hydrogens is 329 g/mol. The number of rotatable bonds is 4. The van der Waals surface area contributed by atoms with E-state index in [1.807, 2.05) is 32.0 Å². The van der Waals surface area contributed by atoms with E-state index >= 15 is 0 Å². The monoisotopic (exact) mass is 344 g/mol. The Morgan fingerprint density at radius 1 is 1.30 bits per heavy atom. The summed E-state index contributed by atoms with van der Waals surface area (Å²) in [7, 11) is 1.22. The third kappa shape index (κ3) is 4.25. The van der Waals surface area contributed by atoms with Crippen molar-refractivity contribution in [3.8, 4) is 0 Å². The summed E-state index contributed by atoms with van der Waals surface area (Å²) >= 11 is 0.899. The quantitative estimate of drug-likeness (QED) is 0.866. The minimum absolute atomic E-state index is 0.0356. The smallest absolute Gasteiger partial charge is 0.325 e. The summed E-state index contributed by atoms with van der Waals surface area (Å²) < 4.78 is 38.7. The molecule has 2 rings (SSSR count). The van der Waals surface area contributed by atoms with Gasteiger partial charge >= 0.3 is 6.18 Å². The van der Waals surface area contributed by atoms with E-state index in [0.717, 1.165) is 27.5 Å². The van der Waals surface area contributed by atoms with E-state index in [0.29, 0.717) is 5.69 Å². The zero-order valence-corrected chi connectivity index (χ0v) is 13.5. The molecule has 5 nitrogen and oxygen atoms in total. The van der Waals surface area contributed by atoms with E-state index in [1.54, 1.807) is 0 Å². The van der Waals surface area contributed by atoms with Gasteiger partial charge in [0.25, 0.3) is 0 Å². The molecule has 0 aliphatic carbocycles. The first-order valence-corrected chi connectivity index (χ1v) is 7.63. The maximum absolute atomic E-state index is 12.6. The van der Waals surface area contributed by atoms with Crippen LogP contribution in [0.25, 0.3) is 0 Å². The zero-order chi connectivity index (χ0) is 17.2. The molecule has 0 saturated heterocycles. The topological polar surface area (TPSA) is 59.8 Å². The molecule has 1 aromatic heterocycles. The number of carbonyl (C=O) groups excluding carboxylic acids is 1. The van der Waals surface area contributed by atoms with Crippen molar-refractivity contribution in [2.45, 2.75) is 25.2 Å². The van der Waals surface area contributed by atoms with Gasteiger partial charge in [-0.3, -0.25) is 4.79 Å². The highest BCUT2D eigenvalue weighted by Gasteiger charge is 2.37. The van der Waals surface area contributed by atoms with Crippen LogP contribution in [0.5, 0.6) is 0 Å². The summed E-state index contributed by atoms with van der Waals surface area (Å²) in [6.07, 6.45) is -4.57. The number of alkyl halides is 3. The molecule has 1 amide bonds. The van der Waals surface area contributed by atoms with E-state index < -0.39 is 12.0 Å². The summed E-state index contributed by atoms with van der Waals surface area (Å²) in [6.45, 7) is 3.77. The second kappa shape index (κ2) is 6.61. The molecule has 124 valence electrons. The Balaban J connectivity index is 2.00. The van der Waals surface area contributed by atoms with Crippen molar-refractivity contribution >= 4 is 23.4 Å². The predicted molar refractivity (Wildman–Crippen MR) is 81.3 cm³/mol. The molecular formula is C14H15F3N4OS. The van der Waals surface area contributed by atoms with Gasteiger partial charge in [0.15, 0.2) is 5.16 Å². The maximum Gasteiger partial charge on any atom is 0.451 e. The molecule has 0 fully saturated rings. The number of aryl methyl sites for hydroxylation is 2. The van der Waals surface area contributed by atoms with Crippen LogP contribution in [-0.2, 0) is 18.0 Å². The summed E-state index contributed by atoms with van der Waals surface area (Å²) in [5, 5.41) is 9.35.